The van der Waals surface area contributed by atoms with Crippen molar-refractivity contribution in [1.82, 2.24) is 14.9 Å². The number of carbonyl (C=O) groups is 1. The number of aromatic nitrogens is 2. The molecule has 194 valence electrons. The van der Waals surface area contributed by atoms with E-state index in [0.29, 0.717) is 42.7 Å². The molecule has 2 atom stereocenters. The number of H-pyrrole nitrogens is 1. The fourth-order valence-corrected chi connectivity index (χ4v) is 6.08. The van der Waals surface area contributed by atoms with E-state index in [1.54, 1.807) is 6.92 Å². The van der Waals surface area contributed by atoms with Gasteiger partial charge in [-0.2, -0.15) is 4.98 Å². The van der Waals surface area contributed by atoms with E-state index in [1.807, 2.05) is 4.90 Å². The van der Waals surface area contributed by atoms with Crippen LogP contribution < -0.4 is 16.0 Å². The summed E-state index contributed by atoms with van der Waals surface area (Å²) in [5, 5.41) is 4.55. The molecule has 10 heteroatoms. The SMILES string of the molecule is CCOC(=O)N1C2CCCC1CC(=NOc1nc3oc(=O)cc(CCC4CCCCC4)c3c(=O)[nH]1)C2. The second-order valence-electron chi connectivity index (χ2n) is 10.2. The van der Waals surface area contributed by atoms with Crippen molar-refractivity contribution >= 4 is 22.9 Å². The van der Waals surface area contributed by atoms with Gasteiger partial charge in [0.25, 0.3) is 5.56 Å². The lowest BCUT2D eigenvalue weighted by atomic mass is 9.84. The molecule has 2 bridgehead atoms. The van der Waals surface area contributed by atoms with E-state index in [0.717, 1.165) is 31.4 Å². The van der Waals surface area contributed by atoms with E-state index in [2.05, 4.69) is 15.1 Å². The molecule has 4 heterocycles. The maximum Gasteiger partial charge on any atom is 0.410 e. The first-order valence-electron chi connectivity index (χ1n) is 13.3. The van der Waals surface area contributed by atoms with Gasteiger partial charge in [-0.05, 0) is 50.5 Å². The zero-order chi connectivity index (χ0) is 25.1. The quantitative estimate of drug-likeness (QED) is 0.588. The van der Waals surface area contributed by atoms with E-state index in [4.69, 9.17) is 14.0 Å². The van der Waals surface area contributed by atoms with Crippen LogP contribution in [0.15, 0.2) is 25.2 Å². The van der Waals surface area contributed by atoms with Crippen LogP contribution in [0.1, 0.15) is 83.1 Å². The molecule has 2 aromatic heterocycles. The van der Waals surface area contributed by atoms with Crippen molar-refractivity contribution in [2.24, 2.45) is 11.1 Å². The number of rotatable bonds is 6. The summed E-state index contributed by atoms with van der Waals surface area (Å²) in [6.07, 6.45) is 11.5. The third kappa shape index (κ3) is 5.32. The zero-order valence-electron chi connectivity index (χ0n) is 20.8. The van der Waals surface area contributed by atoms with Gasteiger partial charge in [0, 0.05) is 31.0 Å². The van der Waals surface area contributed by atoms with Crippen molar-refractivity contribution in [1.29, 1.82) is 0 Å². The summed E-state index contributed by atoms with van der Waals surface area (Å²) in [7, 11) is 0. The van der Waals surface area contributed by atoms with Gasteiger partial charge >= 0.3 is 17.7 Å². The number of piperidine rings is 2. The lowest BCUT2D eigenvalue weighted by Crippen LogP contribution is -2.55. The largest absolute Gasteiger partial charge is 0.450 e. The number of nitrogens with one attached hydrogen (secondary N) is 1. The first-order valence-corrected chi connectivity index (χ1v) is 13.3. The Morgan fingerprint density at radius 2 is 1.89 bits per heavy atom. The fraction of sp³-hybridized carbons (Fsp3) is 0.654. The van der Waals surface area contributed by atoms with Gasteiger partial charge in [-0.25, -0.2) is 9.59 Å². The van der Waals surface area contributed by atoms with Crippen LogP contribution in [0.2, 0.25) is 0 Å². The molecule has 36 heavy (non-hydrogen) atoms. The molecule has 5 rings (SSSR count). The summed E-state index contributed by atoms with van der Waals surface area (Å²) in [4.78, 5) is 51.7. The number of nitrogens with zero attached hydrogens (tertiary/aromatic N) is 3. The lowest BCUT2D eigenvalue weighted by molar-refractivity contribution is 0.0448. The Labute approximate surface area is 209 Å². The van der Waals surface area contributed by atoms with E-state index in [9.17, 15) is 14.4 Å². The van der Waals surface area contributed by atoms with E-state index < -0.39 is 11.2 Å². The zero-order valence-corrected chi connectivity index (χ0v) is 20.8. The average molecular weight is 499 g/mol. The molecule has 1 saturated carbocycles. The summed E-state index contributed by atoms with van der Waals surface area (Å²) in [6, 6.07) is 1.32. The number of fused-ring (bicyclic) bond motifs is 3. The molecule has 3 fully saturated rings. The average Bonchev–Trinajstić information content (AvgIpc) is 2.85. The normalized spacial score (nSPS) is 22.5. The third-order valence-corrected chi connectivity index (χ3v) is 7.77. The standard InChI is InChI=1S/C26H34N4O6/c1-2-34-26(33)30-19-9-6-10-20(30)15-18(14-19)29-36-25-27-23(32)22-17(13-21(31)35-24(22)28-25)12-11-16-7-4-3-5-8-16/h13,16,19-20H,2-12,14-15H2,1H3,(H,27,28,32). The molecule has 1 aliphatic carbocycles. The second kappa shape index (κ2) is 10.8. The topological polar surface area (TPSA) is 127 Å². The van der Waals surface area contributed by atoms with Crippen LogP contribution in [0, 0.1) is 5.92 Å². The van der Waals surface area contributed by atoms with Gasteiger partial charge in [-0.1, -0.05) is 37.3 Å². The minimum absolute atomic E-state index is 0.0206. The molecule has 0 spiro atoms. The molecular weight excluding hydrogens is 464 g/mol. The third-order valence-electron chi connectivity index (χ3n) is 7.77. The van der Waals surface area contributed by atoms with Crippen LogP contribution in [-0.2, 0) is 11.2 Å². The highest BCUT2D eigenvalue weighted by Gasteiger charge is 2.40. The van der Waals surface area contributed by atoms with Crippen molar-refractivity contribution in [2.75, 3.05) is 6.61 Å². The number of aromatic amines is 1. The van der Waals surface area contributed by atoms with Gasteiger partial charge in [-0.3, -0.25) is 9.78 Å². The highest BCUT2D eigenvalue weighted by Crippen LogP contribution is 2.33. The maximum absolute atomic E-state index is 12.9. The summed E-state index contributed by atoms with van der Waals surface area (Å²) in [6.45, 7) is 2.15. The van der Waals surface area contributed by atoms with Gasteiger partial charge in [0.05, 0.1) is 12.3 Å². The highest BCUT2D eigenvalue weighted by molar-refractivity contribution is 5.88. The number of hydrogen-bond acceptors (Lipinski definition) is 8. The summed E-state index contributed by atoms with van der Waals surface area (Å²) < 4.78 is 10.5. The molecule has 1 N–H and O–H groups in total. The monoisotopic (exact) mass is 498 g/mol. The van der Waals surface area contributed by atoms with Gasteiger partial charge in [0.1, 0.15) is 5.39 Å². The van der Waals surface area contributed by atoms with Crippen LogP contribution in [0.3, 0.4) is 0 Å². The van der Waals surface area contributed by atoms with Gasteiger partial charge in [0.15, 0.2) is 0 Å². The Bertz CT molecular complexity index is 1230. The van der Waals surface area contributed by atoms with Gasteiger partial charge in [-0.15, -0.1) is 0 Å². The van der Waals surface area contributed by atoms with Crippen molar-refractivity contribution in [2.45, 2.75) is 96.1 Å². The number of oxime groups is 1. The first kappa shape index (κ1) is 24.5. The van der Waals surface area contributed by atoms with Crippen molar-refractivity contribution in [3.05, 3.63) is 32.4 Å². The molecule has 2 unspecified atom stereocenters. The van der Waals surface area contributed by atoms with Crippen molar-refractivity contribution in [3.8, 4) is 6.01 Å². The molecule has 2 aliphatic heterocycles. The lowest BCUT2D eigenvalue weighted by Gasteiger charge is -2.45. The Balaban J connectivity index is 1.32. The maximum atomic E-state index is 12.9. The van der Waals surface area contributed by atoms with Crippen LogP contribution in [0.25, 0.3) is 11.1 Å². The minimum Gasteiger partial charge on any atom is -0.450 e. The van der Waals surface area contributed by atoms with Crippen molar-refractivity contribution in [3.63, 3.8) is 0 Å². The number of ether oxygens (including phenoxy) is 1. The van der Waals surface area contributed by atoms with Crippen molar-refractivity contribution < 1.29 is 18.8 Å². The van der Waals surface area contributed by atoms with Crippen LogP contribution in [0.5, 0.6) is 6.01 Å². The molecule has 10 nitrogen and oxygen atoms in total. The predicted octanol–water partition coefficient (Wildman–Crippen LogP) is 4.30. The number of carbonyl (C=O) groups excluding carboxylic acids is 1. The van der Waals surface area contributed by atoms with Crippen LogP contribution >= 0.6 is 0 Å². The molecule has 0 radical (unpaired) electrons. The highest BCUT2D eigenvalue weighted by atomic mass is 16.6. The first-order chi connectivity index (χ1) is 17.5. The van der Waals surface area contributed by atoms with Crippen LogP contribution in [0.4, 0.5) is 4.79 Å². The number of amides is 1. The van der Waals surface area contributed by atoms with E-state index in [-0.39, 0.29) is 29.9 Å². The molecule has 3 aliphatic rings. The Morgan fingerprint density at radius 3 is 2.61 bits per heavy atom. The number of hydrogen-bond donors (Lipinski definition) is 1. The molecule has 1 amide bonds. The van der Waals surface area contributed by atoms with Gasteiger partial charge in [0.2, 0.25) is 5.71 Å². The Kier molecular flexibility index (Phi) is 7.38. The van der Waals surface area contributed by atoms with E-state index >= 15 is 0 Å². The minimum atomic E-state index is -0.532. The molecule has 0 aromatic carbocycles. The fourth-order valence-electron chi connectivity index (χ4n) is 6.08. The molecular formula is C26H34N4O6. The van der Waals surface area contributed by atoms with Gasteiger partial charge < -0.3 is 18.9 Å². The second-order valence-corrected chi connectivity index (χ2v) is 10.2. The summed E-state index contributed by atoms with van der Waals surface area (Å²) in [5.41, 5.74) is 0.490. The van der Waals surface area contributed by atoms with E-state index in [1.165, 1.54) is 38.2 Å². The Morgan fingerprint density at radius 1 is 1.14 bits per heavy atom. The van der Waals surface area contributed by atoms with Crippen LogP contribution in [-0.4, -0.2) is 45.4 Å². The summed E-state index contributed by atoms with van der Waals surface area (Å²) >= 11 is 0. The molecule has 2 aromatic rings. The smallest absolute Gasteiger partial charge is 0.410 e. The predicted molar refractivity (Wildman–Crippen MR) is 133 cm³/mol. The molecule has 2 saturated heterocycles. The summed E-state index contributed by atoms with van der Waals surface area (Å²) in [5.74, 6) is 0.626. The Hall–Kier alpha value is -3.17. The number of aryl methyl sites for hydroxylation is 1.